The molecule has 0 aliphatic carbocycles. The first-order chi connectivity index (χ1) is 8.62. The van der Waals surface area contributed by atoms with Crippen LogP contribution in [0.4, 0.5) is 0 Å². The van der Waals surface area contributed by atoms with Crippen molar-refractivity contribution in [3.05, 3.63) is 0 Å². The van der Waals surface area contributed by atoms with E-state index in [0.29, 0.717) is 5.41 Å². The van der Waals surface area contributed by atoms with Crippen molar-refractivity contribution in [1.82, 2.24) is 10.2 Å². The van der Waals surface area contributed by atoms with Gasteiger partial charge in [0.25, 0.3) is 0 Å². The lowest BCUT2D eigenvalue weighted by molar-refractivity contribution is 0.0939. The van der Waals surface area contributed by atoms with Gasteiger partial charge in [0, 0.05) is 24.4 Å². The molecule has 0 aromatic heterocycles. The lowest BCUT2D eigenvalue weighted by Gasteiger charge is -2.45. The highest BCUT2D eigenvalue weighted by atomic mass is 32.2. The molecule has 0 saturated carbocycles. The molecule has 2 atom stereocenters. The first-order valence-electron chi connectivity index (χ1n) is 7.66. The van der Waals surface area contributed by atoms with Crippen LogP contribution >= 0.6 is 11.8 Å². The minimum absolute atomic E-state index is 0.529. The van der Waals surface area contributed by atoms with Crippen LogP contribution in [0.15, 0.2) is 0 Å². The molecular weight excluding hydrogens is 240 g/mol. The van der Waals surface area contributed by atoms with Crippen LogP contribution in [0.25, 0.3) is 0 Å². The maximum Gasteiger partial charge on any atom is 0.0224 e. The molecule has 0 aromatic carbocycles. The second kappa shape index (κ2) is 6.62. The summed E-state index contributed by atoms with van der Waals surface area (Å²) >= 11 is 2.17. The van der Waals surface area contributed by atoms with E-state index in [-0.39, 0.29) is 0 Å². The average molecular weight is 270 g/mol. The Morgan fingerprint density at radius 3 is 2.78 bits per heavy atom. The first kappa shape index (κ1) is 14.7. The van der Waals surface area contributed by atoms with Gasteiger partial charge in [-0.05, 0) is 49.9 Å². The smallest absolute Gasteiger partial charge is 0.0224 e. The minimum Gasteiger partial charge on any atom is -0.315 e. The van der Waals surface area contributed by atoms with Crippen molar-refractivity contribution < 1.29 is 0 Å². The van der Waals surface area contributed by atoms with Gasteiger partial charge in [-0.3, -0.25) is 4.90 Å². The lowest BCUT2D eigenvalue weighted by atomic mass is 9.86. The molecular formula is C15H30N2S. The predicted molar refractivity (Wildman–Crippen MR) is 82.4 cm³/mol. The fourth-order valence-corrected chi connectivity index (χ4v) is 4.85. The number of hydrogen-bond acceptors (Lipinski definition) is 3. The summed E-state index contributed by atoms with van der Waals surface area (Å²) in [5, 5.41) is 3.59. The zero-order chi connectivity index (χ0) is 13.0. The molecule has 0 spiro atoms. The number of hydrogen-bond donors (Lipinski definition) is 1. The van der Waals surface area contributed by atoms with Gasteiger partial charge in [0.1, 0.15) is 0 Å². The number of nitrogens with one attached hydrogen (secondary N) is 1. The van der Waals surface area contributed by atoms with Gasteiger partial charge < -0.3 is 5.32 Å². The van der Waals surface area contributed by atoms with E-state index >= 15 is 0 Å². The van der Waals surface area contributed by atoms with Gasteiger partial charge in [-0.1, -0.05) is 20.8 Å². The summed E-state index contributed by atoms with van der Waals surface area (Å²) in [7, 11) is 0. The molecule has 2 fully saturated rings. The van der Waals surface area contributed by atoms with E-state index in [1.807, 2.05) is 0 Å². The Hall–Kier alpha value is 0.270. The van der Waals surface area contributed by atoms with Gasteiger partial charge in [-0.15, -0.1) is 0 Å². The molecule has 0 radical (unpaired) electrons. The number of thioether (sulfide) groups is 1. The molecule has 0 aromatic rings. The quantitative estimate of drug-likeness (QED) is 0.845. The fraction of sp³-hybridized carbons (Fsp3) is 1.00. The van der Waals surface area contributed by atoms with Crippen molar-refractivity contribution >= 4 is 11.8 Å². The third kappa shape index (κ3) is 3.88. The largest absolute Gasteiger partial charge is 0.315 e. The Morgan fingerprint density at radius 2 is 2.17 bits per heavy atom. The number of nitrogens with zero attached hydrogens (tertiary/aromatic N) is 1. The normalized spacial score (nSPS) is 32.7. The van der Waals surface area contributed by atoms with E-state index < -0.39 is 0 Å². The van der Waals surface area contributed by atoms with E-state index in [2.05, 4.69) is 42.7 Å². The van der Waals surface area contributed by atoms with E-state index in [4.69, 9.17) is 0 Å². The number of piperidine rings is 1. The van der Waals surface area contributed by atoms with Crippen LogP contribution in [-0.4, -0.2) is 48.1 Å². The molecule has 2 saturated heterocycles. The first-order valence-corrected chi connectivity index (χ1v) is 8.82. The van der Waals surface area contributed by atoms with E-state index in [9.17, 15) is 0 Å². The van der Waals surface area contributed by atoms with Gasteiger partial charge in [0.05, 0.1) is 0 Å². The summed E-state index contributed by atoms with van der Waals surface area (Å²) in [4.78, 5) is 2.83. The molecule has 2 aliphatic rings. The number of rotatable bonds is 4. The zero-order valence-corrected chi connectivity index (χ0v) is 13.2. The van der Waals surface area contributed by atoms with Crippen LogP contribution in [-0.2, 0) is 0 Å². The van der Waals surface area contributed by atoms with Gasteiger partial charge in [-0.2, -0.15) is 11.8 Å². The Balaban J connectivity index is 1.99. The summed E-state index contributed by atoms with van der Waals surface area (Å²) < 4.78 is 0. The standard InChI is InChI=1S/C15H30N2S/c1-4-8-17(13-6-5-7-16-10-13)14-9-15(2,3)12-18-11-14/h13-14,16H,4-12H2,1-3H3. The Morgan fingerprint density at radius 1 is 1.33 bits per heavy atom. The summed E-state index contributed by atoms with van der Waals surface area (Å²) in [6, 6.07) is 1.60. The summed E-state index contributed by atoms with van der Waals surface area (Å²) in [5.41, 5.74) is 0.529. The Bertz CT molecular complexity index is 249. The Kier molecular flexibility index (Phi) is 5.40. The molecule has 2 aliphatic heterocycles. The SMILES string of the molecule is CCCN(C1CCCNC1)C1CSCC(C)(C)C1. The third-order valence-electron chi connectivity index (χ3n) is 4.28. The van der Waals surface area contributed by atoms with E-state index in [1.54, 1.807) is 0 Å². The molecule has 0 amide bonds. The molecule has 2 nitrogen and oxygen atoms in total. The highest BCUT2D eigenvalue weighted by Gasteiger charge is 2.34. The maximum absolute atomic E-state index is 3.59. The van der Waals surface area contributed by atoms with Crippen LogP contribution in [0.2, 0.25) is 0 Å². The molecule has 1 N–H and O–H groups in total. The second-order valence-electron chi connectivity index (χ2n) is 6.78. The topological polar surface area (TPSA) is 15.3 Å². The predicted octanol–water partition coefficient (Wildman–Crippen LogP) is 2.98. The van der Waals surface area contributed by atoms with E-state index in [1.165, 1.54) is 56.8 Å². The van der Waals surface area contributed by atoms with Crippen LogP contribution in [0, 0.1) is 5.41 Å². The maximum atomic E-state index is 3.59. The third-order valence-corrected chi connectivity index (χ3v) is 5.89. The molecule has 3 heteroatoms. The van der Waals surface area contributed by atoms with E-state index in [0.717, 1.165) is 12.1 Å². The fourth-order valence-electron chi connectivity index (χ4n) is 3.48. The molecule has 0 bridgehead atoms. The average Bonchev–Trinajstić information content (AvgIpc) is 2.36. The van der Waals surface area contributed by atoms with Gasteiger partial charge in [0.2, 0.25) is 0 Å². The van der Waals surface area contributed by atoms with Crippen LogP contribution in [0.3, 0.4) is 0 Å². The van der Waals surface area contributed by atoms with Crippen molar-refractivity contribution in [3.8, 4) is 0 Å². The molecule has 2 unspecified atom stereocenters. The van der Waals surface area contributed by atoms with Gasteiger partial charge in [-0.25, -0.2) is 0 Å². The molecule has 2 heterocycles. The van der Waals surface area contributed by atoms with Crippen molar-refractivity contribution in [2.24, 2.45) is 5.41 Å². The summed E-state index contributed by atoms with van der Waals surface area (Å²) in [5.74, 6) is 2.69. The van der Waals surface area contributed by atoms with Crippen molar-refractivity contribution in [3.63, 3.8) is 0 Å². The highest BCUT2D eigenvalue weighted by molar-refractivity contribution is 7.99. The summed E-state index contributed by atoms with van der Waals surface area (Å²) in [6.07, 6.45) is 5.43. The van der Waals surface area contributed by atoms with Crippen LogP contribution < -0.4 is 5.32 Å². The van der Waals surface area contributed by atoms with Crippen LogP contribution in [0.1, 0.15) is 46.5 Å². The van der Waals surface area contributed by atoms with Crippen molar-refractivity contribution in [2.45, 2.75) is 58.5 Å². The second-order valence-corrected chi connectivity index (χ2v) is 7.81. The molecule has 2 rings (SSSR count). The van der Waals surface area contributed by atoms with Crippen LogP contribution in [0.5, 0.6) is 0 Å². The Labute approximate surface area is 117 Å². The van der Waals surface area contributed by atoms with Crippen molar-refractivity contribution in [1.29, 1.82) is 0 Å². The minimum atomic E-state index is 0.529. The monoisotopic (exact) mass is 270 g/mol. The molecule has 18 heavy (non-hydrogen) atoms. The highest BCUT2D eigenvalue weighted by Crippen LogP contribution is 2.36. The van der Waals surface area contributed by atoms with Crippen molar-refractivity contribution in [2.75, 3.05) is 31.1 Å². The van der Waals surface area contributed by atoms with Gasteiger partial charge in [0.15, 0.2) is 0 Å². The summed E-state index contributed by atoms with van der Waals surface area (Å²) in [6.45, 7) is 10.9. The van der Waals surface area contributed by atoms with Gasteiger partial charge >= 0.3 is 0 Å². The molecule has 106 valence electrons. The lowest BCUT2D eigenvalue weighted by Crippen LogP contribution is -2.53. The zero-order valence-electron chi connectivity index (χ0n) is 12.4.